The number of nitrogens with one attached hydrogen (secondary N) is 3. The van der Waals surface area contributed by atoms with Crippen LogP contribution in [-0.4, -0.2) is 20.1 Å². The van der Waals surface area contributed by atoms with Crippen molar-refractivity contribution in [1.29, 1.82) is 0 Å². The monoisotopic (exact) mass is 347 g/mol. The fourth-order valence-electron chi connectivity index (χ4n) is 2.91. The van der Waals surface area contributed by atoms with Crippen molar-refractivity contribution < 1.29 is 4.79 Å². The number of aromatic amines is 1. The van der Waals surface area contributed by atoms with Crippen LogP contribution < -0.4 is 16.3 Å². The average molecular weight is 347 g/mol. The molecule has 4 rings (SSSR count). The van der Waals surface area contributed by atoms with E-state index in [1.807, 2.05) is 42.1 Å². The molecule has 7 nitrogen and oxygen atoms in total. The highest BCUT2D eigenvalue weighted by atomic mass is 16.2. The third-order valence-corrected chi connectivity index (χ3v) is 4.17. The fourth-order valence-corrected chi connectivity index (χ4v) is 2.91. The highest BCUT2D eigenvalue weighted by Crippen LogP contribution is 2.20. The van der Waals surface area contributed by atoms with Crippen LogP contribution in [0.5, 0.6) is 0 Å². The molecule has 0 saturated carbocycles. The number of hydrogen-bond donors (Lipinski definition) is 3. The zero-order valence-corrected chi connectivity index (χ0v) is 14.1. The Hall–Kier alpha value is -3.74. The number of nitrogens with zero attached hydrogens (tertiary/aromatic N) is 2. The van der Waals surface area contributed by atoms with Crippen LogP contribution in [0.25, 0.3) is 16.6 Å². The summed E-state index contributed by atoms with van der Waals surface area (Å²) in [5.41, 5.74) is 2.83. The summed E-state index contributed by atoms with van der Waals surface area (Å²) in [6.45, 7) is 0. The van der Waals surface area contributed by atoms with Gasteiger partial charge in [0.05, 0.1) is 5.69 Å². The van der Waals surface area contributed by atoms with E-state index in [-0.39, 0.29) is 11.7 Å². The fraction of sp³-hybridized carbons (Fsp3) is 0.0526. The molecular weight excluding hydrogens is 330 g/mol. The molecule has 0 unspecified atom stereocenters. The van der Waals surface area contributed by atoms with Crippen molar-refractivity contribution in [2.24, 2.45) is 7.05 Å². The van der Waals surface area contributed by atoms with Crippen molar-refractivity contribution in [1.82, 2.24) is 14.1 Å². The van der Waals surface area contributed by atoms with Gasteiger partial charge in [-0.1, -0.05) is 6.07 Å². The lowest BCUT2D eigenvalue weighted by Gasteiger charge is -2.09. The molecule has 0 aliphatic heterocycles. The zero-order valence-electron chi connectivity index (χ0n) is 14.1. The van der Waals surface area contributed by atoms with E-state index in [1.165, 1.54) is 4.57 Å². The first-order valence-corrected chi connectivity index (χ1v) is 8.10. The Morgan fingerprint density at radius 1 is 1.00 bits per heavy atom. The predicted molar refractivity (Wildman–Crippen MR) is 102 cm³/mol. The maximum absolute atomic E-state index is 12.3. The molecule has 0 atom stereocenters. The quantitative estimate of drug-likeness (QED) is 0.531. The second-order valence-corrected chi connectivity index (χ2v) is 5.96. The third-order valence-electron chi connectivity index (χ3n) is 4.17. The minimum absolute atomic E-state index is 0.234. The Labute approximate surface area is 148 Å². The number of H-pyrrole nitrogens is 1. The lowest BCUT2D eigenvalue weighted by Crippen LogP contribution is -2.20. The molecule has 3 N–H and O–H groups in total. The SMILES string of the molecule is Cn1ccc2cc(NC(=O)Nc3cccc(-n4cc[nH]c4=O)c3)ccc21. The molecule has 26 heavy (non-hydrogen) atoms. The molecule has 0 bridgehead atoms. The lowest BCUT2D eigenvalue weighted by molar-refractivity contribution is 0.262. The van der Waals surface area contributed by atoms with Crippen LogP contribution in [0.15, 0.2) is 71.9 Å². The molecule has 2 heterocycles. The number of hydrogen-bond acceptors (Lipinski definition) is 2. The summed E-state index contributed by atoms with van der Waals surface area (Å²) in [4.78, 5) is 26.6. The van der Waals surface area contributed by atoms with E-state index in [9.17, 15) is 9.59 Å². The summed E-state index contributed by atoms with van der Waals surface area (Å²) >= 11 is 0. The second kappa shape index (κ2) is 6.29. The standard InChI is InChI=1S/C19H17N5O2/c1-23-9-7-13-11-15(5-6-17(13)23)22-18(25)21-14-3-2-4-16(12-14)24-10-8-20-19(24)26/h2-12H,1H3,(H,20,26)(H2,21,22,25). The first-order valence-electron chi connectivity index (χ1n) is 8.10. The molecule has 130 valence electrons. The topological polar surface area (TPSA) is 83.8 Å². The number of rotatable bonds is 3. The van der Waals surface area contributed by atoms with Crippen molar-refractivity contribution in [2.75, 3.05) is 10.6 Å². The molecule has 7 heteroatoms. The van der Waals surface area contributed by atoms with Gasteiger partial charge in [0.2, 0.25) is 0 Å². The van der Waals surface area contributed by atoms with Crippen LogP contribution in [-0.2, 0) is 7.05 Å². The van der Waals surface area contributed by atoms with Gasteiger partial charge in [0.1, 0.15) is 0 Å². The number of amides is 2. The third kappa shape index (κ3) is 2.98. The number of carbonyl (C=O) groups is 1. The van der Waals surface area contributed by atoms with E-state index >= 15 is 0 Å². The van der Waals surface area contributed by atoms with Crippen molar-refractivity contribution in [3.05, 3.63) is 77.6 Å². The van der Waals surface area contributed by atoms with Gasteiger partial charge >= 0.3 is 11.7 Å². The minimum atomic E-state index is -0.348. The smallest absolute Gasteiger partial charge is 0.330 e. The Morgan fingerprint density at radius 2 is 1.81 bits per heavy atom. The van der Waals surface area contributed by atoms with Crippen LogP contribution >= 0.6 is 0 Å². The van der Waals surface area contributed by atoms with Gasteiger partial charge in [-0.15, -0.1) is 0 Å². The van der Waals surface area contributed by atoms with Gasteiger partial charge in [-0.05, 0) is 42.5 Å². The maximum atomic E-state index is 12.3. The number of urea groups is 1. The molecule has 0 spiro atoms. The first kappa shape index (κ1) is 15.8. The van der Waals surface area contributed by atoms with E-state index in [0.29, 0.717) is 17.1 Å². The Balaban J connectivity index is 1.51. The van der Waals surface area contributed by atoms with E-state index in [0.717, 1.165) is 10.9 Å². The molecule has 0 aliphatic rings. The Kier molecular flexibility index (Phi) is 3.81. The highest BCUT2D eigenvalue weighted by Gasteiger charge is 2.06. The number of benzene rings is 2. The average Bonchev–Trinajstić information content (AvgIpc) is 3.21. The van der Waals surface area contributed by atoms with Crippen LogP contribution in [0.3, 0.4) is 0 Å². The van der Waals surface area contributed by atoms with Crippen LogP contribution in [0.1, 0.15) is 0 Å². The summed E-state index contributed by atoms with van der Waals surface area (Å²) in [6.07, 6.45) is 5.18. The van der Waals surface area contributed by atoms with Crippen LogP contribution in [0, 0.1) is 0 Å². The number of imidazole rings is 1. The molecule has 2 amide bonds. The summed E-state index contributed by atoms with van der Waals surface area (Å²) in [5, 5.41) is 6.66. The first-order chi connectivity index (χ1) is 12.6. The second-order valence-electron chi connectivity index (χ2n) is 5.96. The number of carbonyl (C=O) groups excluding carboxylic acids is 1. The molecular formula is C19H17N5O2. The molecule has 0 radical (unpaired) electrons. The number of aryl methyl sites for hydroxylation is 1. The highest BCUT2D eigenvalue weighted by molar-refractivity contribution is 6.01. The summed E-state index contributed by atoms with van der Waals surface area (Å²) in [7, 11) is 1.98. The summed E-state index contributed by atoms with van der Waals surface area (Å²) in [5.74, 6) is 0. The maximum Gasteiger partial charge on any atom is 0.330 e. The minimum Gasteiger partial charge on any atom is -0.351 e. The lowest BCUT2D eigenvalue weighted by atomic mass is 10.2. The number of anilines is 2. The van der Waals surface area contributed by atoms with Gasteiger partial charge < -0.3 is 20.2 Å². The molecule has 4 aromatic rings. The van der Waals surface area contributed by atoms with Crippen LogP contribution in [0.2, 0.25) is 0 Å². The van der Waals surface area contributed by atoms with Gasteiger partial charge in [-0.25, -0.2) is 9.59 Å². The van der Waals surface area contributed by atoms with Crippen molar-refractivity contribution >= 4 is 28.3 Å². The van der Waals surface area contributed by atoms with E-state index in [4.69, 9.17) is 0 Å². The van der Waals surface area contributed by atoms with E-state index < -0.39 is 0 Å². The van der Waals surface area contributed by atoms with Gasteiger partial charge in [0, 0.05) is 47.9 Å². The van der Waals surface area contributed by atoms with Crippen molar-refractivity contribution in [3.8, 4) is 5.69 Å². The van der Waals surface area contributed by atoms with Gasteiger partial charge in [-0.2, -0.15) is 0 Å². The molecule has 0 fully saturated rings. The van der Waals surface area contributed by atoms with Crippen molar-refractivity contribution in [3.63, 3.8) is 0 Å². The normalized spacial score (nSPS) is 10.8. The van der Waals surface area contributed by atoms with Gasteiger partial charge in [0.15, 0.2) is 0 Å². The van der Waals surface area contributed by atoms with Crippen LogP contribution in [0.4, 0.5) is 16.2 Å². The van der Waals surface area contributed by atoms with E-state index in [2.05, 4.69) is 15.6 Å². The summed E-state index contributed by atoms with van der Waals surface area (Å²) < 4.78 is 3.49. The molecule has 2 aromatic heterocycles. The Bertz CT molecular complexity index is 1150. The Morgan fingerprint density at radius 3 is 2.58 bits per heavy atom. The number of aromatic nitrogens is 3. The van der Waals surface area contributed by atoms with Crippen molar-refractivity contribution in [2.45, 2.75) is 0 Å². The zero-order chi connectivity index (χ0) is 18.1. The van der Waals surface area contributed by atoms with E-state index in [1.54, 1.807) is 36.7 Å². The summed E-state index contributed by atoms with van der Waals surface area (Å²) in [6, 6.07) is 14.5. The molecule has 2 aromatic carbocycles. The van der Waals surface area contributed by atoms with Gasteiger partial charge in [0.25, 0.3) is 0 Å². The molecule has 0 aliphatic carbocycles. The van der Waals surface area contributed by atoms with Gasteiger partial charge in [-0.3, -0.25) is 4.57 Å². The predicted octanol–water partition coefficient (Wildman–Crippen LogP) is 3.30. The number of fused-ring (bicyclic) bond motifs is 1. The largest absolute Gasteiger partial charge is 0.351 e. The molecule has 0 saturated heterocycles.